The molecule has 1 N–H and O–H groups in total. The number of nitrogens with zero attached hydrogens (tertiary/aromatic N) is 2. The lowest BCUT2D eigenvalue weighted by Gasteiger charge is -2.31. The zero-order valence-electron chi connectivity index (χ0n) is 10.4. The van der Waals surface area contributed by atoms with Crippen LogP contribution in [0.3, 0.4) is 0 Å². The molecular formula is C13H21N3. The first-order chi connectivity index (χ1) is 7.63. The molecule has 1 aromatic heterocycles. The zero-order valence-corrected chi connectivity index (χ0v) is 10.4. The SMILES string of the molecule is Cc1cnc(NC2CC(C)CC(C)C2)nc1. The number of nitrogens with one attached hydrogen (secondary N) is 1. The van der Waals surface area contributed by atoms with E-state index in [-0.39, 0.29) is 0 Å². The Morgan fingerprint density at radius 3 is 2.19 bits per heavy atom. The quantitative estimate of drug-likeness (QED) is 0.830. The van der Waals surface area contributed by atoms with Crippen LogP contribution in [0.2, 0.25) is 0 Å². The van der Waals surface area contributed by atoms with Crippen molar-refractivity contribution < 1.29 is 0 Å². The van der Waals surface area contributed by atoms with Gasteiger partial charge in [-0.1, -0.05) is 13.8 Å². The van der Waals surface area contributed by atoms with Crippen molar-refractivity contribution in [3.63, 3.8) is 0 Å². The normalized spacial score (nSPS) is 30.1. The van der Waals surface area contributed by atoms with Crippen LogP contribution in [0.15, 0.2) is 12.4 Å². The van der Waals surface area contributed by atoms with Gasteiger partial charge in [-0.3, -0.25) is 0 Å². The number of hydrogen-bond acceptors (Lipinski definition) is 3. The van der Waals surface area contributed by atoms with E-state index in [1.165, 1.54) is 19.3 Å². The summed E-state index contributed by atoms with van der Waals surface area (Å²) in [5.74, 6) is 2.40. The van der Waals surface area contributed by atoms with Gasteiger partial charge in [0.05, 0.1) is 0 Å². The topological polar surface area (TPSA) is 37.8 Å². The van der Waals surface area contributed by atoms with Crippen molar-refractivity contribution in [3.8, 4) is 0 Å². The molecule has 0 aromatic carbocycles. The number of anilines is 1. The minimum atomic E-state index is 0.543. The molecule has 1 saturated carbocycles. The van der Waals surface area contributed by atoms with Crippen LogP contribution in [-0.4, -0.2) is 16.0 Å². The second kappa shape index (κ2) is 4.81. The third kappa shape index (κ3) is 2.94. The molecular weight excluding hydrogens is 198 g/mol. The van der Waals surface area contributed by atoms with Crippen molar-refractivity contribution in [1.29, 1.82) is 0 Å². The molecule has 0 spiro atoms. The summed E-state index contributed by atoms with van der Waals surface area (Å²) in [7, 11) is 0. The fourth-order valence-corrected chi connectivity index (χ4v) is 2.71. The average molecular weight is 219 g/mol. The molecule has 0 saturated heterocycles. The largest absolute Gasteiger partial charge is 0.351 e. The molecule has 2 atom stereocenters. The van der Waals surface area contributed by atoms with Crippen molar-refractivity contribution in [1.82, 2.24) is 9.97 Å². The smallest absolute Gasteiger partial charge is 0.222 e. The molecule has 0 aliphatic heterocycles. The summed E-state index contributed by atoms with van der Waals surface area (Å²) in [6.45, 7) is 6.68. The Bertz CT molecular complexity index is 324. The lowest BCUT2D eigenvalue weighted by Crippen LogP contribution is -2.30. The lowest BCUT2D eigenvalue weighted by atomic mass is 9.80. The summed E-state index contributed by atoms with van der Waals surface area (Å²) in [6.07, 6.45) is 7.56. The van der Waals surface area contributed by atoms with Crippen LogP contribution in [-0.2, 0) is 0 Å². The third-order valence-electron chi connectivity index (χ3n) is 3.29. The van der Waals surface area contributed by atoms with Crippen LogP contribution >= 0.6 is 0 Å². The van der Waals surface area contributed by atoms with Gasteiger partial charge < -0.3 is 5.32 Å². The van der Waals surface area contributed by atoms with E-state index >= 15 is 0 Å². The fourth-order valence-electron chi connectivity index (χ4n) is 2.71. The Kier molecular flexibility index (Phi) is 3.42. The van der Waals surface area contributed by atoms with Crippen LogP contribution in [0.25, 0.3) is 0 Å². The average Bonchev–Trinajstić information content (AvgIpc) is 2.20. The molecule has 1 aromatic rings. The second-order valence-electron chi connectivity index (χ2n) is 5.34. The Hall–Kier alpha value is -1.12. The first-order valence-corrected chi connectivity index (χ1v) is 6.18. The first-order valence-electron chi connectivity index (χ1n) is 6.18. The van der Waals surface area contributed by atoms with E-state index in [1.54, 1.807) is 0 Å². The van der Waals surface area contributed by atoms with Crippen LogP contribution in [0.4, 0.5) is 5.95 Å². The Morgan fingerprint density at radius 2 is 1.62 bits per heavy atom. The molecule has 16 heavy (non-hydrogen) atoms. The molecule has 0 bridgehead atoms. The minimum absolute atomic E-state index is 0.543. The number of rotatable bonds is 2. The summed E-state index contributed by atoms with van der Waals surface area (Å²) in [5, 5.41) is 3.45. The van der Waals surface area contributed by atoms with Crippen molar-refractivity contribution in [2.45, 2.75) is 46.1 Å². The number of aryl methyl sites for hydroxylation is 1. The second-order valence-corrected chi connectivity index (χ2v) is 5.34. The van der Waals surface area contributed by atoms with Gasteiger partial charge in [0, 0.05) is 18.4 Å². The number of hydrogen-bond donors (Lipinski definition) is 1. The molecule has 1 aliphatic carbocycles. The van der Waals surface area contributed by atoms with E-state index < -0.39 is 0 Å². The summed E-state index contributed by atoms with van der Waals surface area (Å²) >= 11 is 0. The predicted molar refractivity (Wildman–Crippen MR) is 66.4 cm³/mol. The standard InChI is InChI=1S/C13H21N3/c1-9-4-10(2)6-12(5-9)16-13-14-7-11(3)8-15-13/h7-10,12H,4-6H2,1-3H3,(H,14,15,16). The van der Waals surface area contributed by atoms with Crippen LogP contribution in [0.5, 0.6) is 0 Å². The Balaban J connectivity index is 1.96. The molecule has 0 amide bonds. The summed E-state index contributed by atoms with van der Waals surface area (Å²) in [4.78, 5) is 8.60. The van der Waals surface area contributed by atoms with E-state index in [1.807, 2.05) is 19.3 Å². The lowest BCUT2D eigenvalue weighted by molar-refractivity contribution is 0.280. The van der Waals surface area contributed by atoms with E-state index in [4.69, 9.17) is 0 Å². The Labute approximate surface area is 97.7 Å². The highest BCUT2D eigenvalue weighted by Gasteiger charge is 2.24. The van der Waals surface area contributed by atoms with Gasteiger partial charge in [0.1, 0.15) is 0 Å². The van der Waals surface area contributed by atoms with Gasteiger partial charge in [-0.2, -0.15) is 0 Å². The summed E-state index contributed by atoms with van der Waals surface area (Å²) < 4.78 is 0. The molecule has 0 radical (unpaired) electrons. The molecule has 3 heteroatoms. The summed E-state index contributed by atoms with van der Waals surface area (Å²) in [5.41, 5.74) is 1.11. The van der Waals surface area contributed by atoms with Crippen LogP contribution in [0, 0.1) is 18.8 Å². The van der Waals surface area contributed by atoms with Gasteiger partial charge in [0.25, 0.3) is 0 Å². The van der Waals surface area contributed by atoms with Crippen LogP contribution in [0.1, 0.15) is 38.7 Å². The third-order valence-corrected chi connectivity index (χ3v) is 3.29. The van der Waals surface area contributed by atoms with Crippen LogP contribution < -0.4 is 5.32 Å². The maximum absolute atomic E-state index is 4.30. The zero-order chi connectivity index (χ0) is 11.5. The maximum atomic E-state index is 4.30. The first kappa shape index (κ1) is 11.4. The maximum Gasteiger partial charge on any atom is 0.222 e. The van der Waals surface area contributed by atoms with E-state index in [0.29, 0.717) is 6.04 Å². The predicted octanol–water partition coefficient (Wildman–Crippen LogP) is 3.02. The van der Waals surface area contributed by atoms with Gasteiger partial charge in [0.15, 0.2) is 0 Å². The molecule has 3 nitrogen and oxygen atoms in total. The van der Waals surface area contributed by atoms with E-state index in [2.05, 4.69) is 29.1 Å². The molecule has 1 aliphatic rings. The van der Waals surface area contributed by atoms with Gasteiger partial charge in [0.2, 0.25) is 5.95 Å². The van der Waals surface area contributed by atoms with E-state index in [9.17, 15) is 0 Å². The van der Waals surface area contributed by atoms with Crippen molar-refractivity contribution >= 4 is 5.95 Å². The highest BCUT2D eigenvalue weighted by molar-refractivity contribution is 5.26. The summed E-state index contributed by atoms with van der Waals surface area (Å²) in [6, 6.07) is 0.543. The van der Waals surface area contributed by atoms with Crippen molar-refractivity contribution in [2.24, 2.45) is 11.8 Å². The molecule has 1 heterocycles. The molecule has 2 unspecified atom stereocenters. The highest BCUT2D eigenvalue weighted by atomic mass is 15.1. The molecule has 1 fully saturated rings. The van der Waals surface area contributed by atoms with Gasteiger partial charge >= 0.3 is 0 Å². The molecule has 2 rings (SSSR count). The fraction of sp³-hybridized carbons (Fsp3) is 0.692. The van der Waals surface area contributed by atoms with E-state index in [0.717, 1.165) is 23.3 Å². The van der Waals surface area contributed by atoms with Gasteiger partial charge in [-0.25, -0.2) is 9.97 Å². The monoisotopic (exact) mass is 219 g/mol. The van der Waals surface area contributed by atoms with Gasteiger partial charge in [-0.15, -0.1) is 0 Å². The highest BCUT2D eigenvalue weighted by Crippen LogP contribution is 2.29. The minimum Gasteiger partial charge on any atom is -0.351 e. The Morgan fingerprint density at radius 1 is 1.06 bits per heavy atom. The molecule has 88 valence electrons. The van der Waals surface area contributed by atoms with Gasteiger partial charge in [-0.05, 0) is 43.6 Å². The van der Waals surface area contributed by atoms with Crippen molar-refractivity contribution in [3.05, 3.63) is 18.0 Å². The van der Waals surface area contributed by atoms with Crippen molar-refractivity contribution in [2.75, 3.05) is 5.32 Å². The number of aromatic nitrogens is 2.